The van der Waals surface area contributed by atoms with Crippen molar-refractivity contribution in [1.29, 1.82) is 0 Å². The Morgan fingerprint density at radius 3 is 3.04 bits per heavy atom. The van der Waals surface area contributed by atoms with E-state index in [9.17, 15) is 4.79 Å². The van der Waals surface area contributed by atoms with Crippen LogP contribution in [0.15, 0.2) is 18.2 Å². The fourth-order valence-electron chi connectivity index (χ4n) is 3.26. The zero-order valence-electron chi connectivity index (χ0n) is 15.0. The fourth-order valence-corrected chi connectivity index (χ4v) is 3.26. The molecule has 1 saturated heterocycles. The summed E-state index contributed by atoms with van der Waals surface area (Å²) in [5.74, 6) is 0.841. The van der Waals surface area contributed by atoms with E-state index in [0.717, 1.165) is 49.3 Å². The smallest absolute Gasteiger partial charge is 0.253 e. The molecule has 0 spiro atoms. The van der Waals surface area contributed by atoms with Crippen molar-refractivity contribution in [3.8, 4) is 0 Å². The van der Waals surface area contributed by atoms with Crippen molar-refractivity contribution < 1.29 is 9.53 Å². The number of likely N-dealkylation sites (tertiary alicyclic amines) is 1. The standard InChI is InChI=1S/C18H27N5O2/c1-22-16-6-5-13(12-15(16)21-18(22)20-8-11-25-2)17(24)23-9-3-4-14(19)7-10-23/h5-6,12,14H,3-4,7-11,19H2,1-2H3,(H,20,21)/t14-/m0/s1. The van der Waals surface area contributed by atoms with Gasteiger partial charge >= 0.3 is 0 Å². The molecule has 2 heterocycles. The van der Waals surface area contributed by atoms with Crippen LogP contribution in [0.5, 0.6) is 0 Å². The lowest BCUT2D eigenvalue weighted by Gasteiger charge is -2.20. The number of rotatable bonds is 5. The average Bonchev–Trinajstić information content (AvgIpc) is 2.78. The van der Waals surface area contributed by atoms with Crippen LogP contribution in [0.4, 0.5) is 5.95 Å². The van der Waals surface area contributed by atoms with Crippen LogP contribution >= 0.6 is 0 Å². The third kappa shape index (κ3) is 3.93. The van der Waals surface area contributed by atoms with Crippen LogP contribution < -0.4 is 11.1 Å². The maximum atomic E-state index is 12.8. The molecule has 25 heavy (non-hydrogen) atoms. The van der Waals surface area contributed by atoms with E-state index in [1.165, 1.54) is 0 Å². The Hall–Kier alpha value is -2.12. The number of benzene rings is 1. The maximum absolute atomic E-state index is 12.8. The molecular formula is C18H27N5O2. The minimum atomic E-state index is 0.0653. The Bertz CT molecular complexity index is 742. The van der Waals surface area contributed by atoms with E-state index in [0.29, 0.717) is 18.7 Å². The highest BCUT2D eigenvalue weighted by atomic mass is 16.5. The number of imidazole rings is 1. The van der Waals surface area contributed by atoms with Crippen molar-refractivity contribution in [3.05, 3.63) is 23.8 Å². The zero-order valence-corrected chi connectivity index (χ0v) is 15.0. The van der Waals surface area contributed by atoms with Gasteiger partial charge in [0.1, 0.15) is 0 Å². The summed E-state index contributed by atoms with van der Waals surface area (Å²) in [4.78, 5) is 19.3. The molecule has 1 aliphatic heterocycles. The van der Waals surface area contributed by atoms with E-state index in [2.05, 4.69) is 10.3 Å². The van der Waals surface area contributed by atoms with Gasteiger partial charge in [-0.1, -0.05) is 0 Å². The molecule has 3 N–H and O–H groups in total. The van der Waals surface area contributed by atoms with Crippen molar-refractivity contribution in [2.75, 3.05) is 38.7 Å². The molecule has 7 heteroatoms. The van der Waals surface area contributed by atoms with Gasteiger partial charge in [-0.2, -0.15) is 0 Å². The van der Waals surface area contributed by atoms with E-state index in [1.54, 1.807) is 7.11 Å². The third-order valence-corrected chi connectivity index (χ3v) is 4.78. The Labute approximate surface area is 148 Å². The number of nitrogens with one attached hydrogen (secondary N) is 1. The number of methoxy groups -OCH3 is 1. The van der Waals surface area contributed by atoms with Crippen LogP contribution in [-0.2, 0) is 11.8 Å². The Morgan fingerprint density at radius 1 is 1.40 bits per heavy atom. The molecule has 1 aliphatic rings. The average molecular weight is 345 g/mol. The van der Waals surface area contributed by atoms with Crippen molar-refractivity contribution in [2.45, 2.75) is 25.3 Å². The van der Waals surface area contributed by atoms with Crippen molar-refractivity contribution in [1.82, 2.24) is 14.5 Å². The number of nitrogens with two attached hydrogens (primary N) is 1. The molecule has 0 saturated carbocycles. The van der Waals surface area contributed by atoms with Gasteiger partial charge in [-0.3, -0.25) is 4.79 Å². The van der Waals surface area contributed by atoms with E-state index in [1.807, 2.05) is 34.7 Å². The van der Waals surface area contributed by atoms with E-state index in [4.69, 9.17) is 10.5 Å². The lowest BCUT2D eigenvalue weighted by atomic mass is 10.1. The van der Waals surface area contributed by atoms with Gasteiger partial charge in [0.2, 0.25) is 5.95 Å². The molecule has 0 bridgehead atoms. The SMILES string of the molecule is COCCNc1nc2cc(C(=O)N3CCC[C@H](N)CC3)ccc2n1C. The molecule has 1 fully saturated rings. The number of aryl methyl sites for hydroxylation is 1. The highest BCUT2D eigenvalue weighted by Gasteiger charge is 2.20. The van der Waals surface area contributed by atoms with Crippen molar-refractivity contribution in [3.63, 3.8) is 0 Å². The van der Waals surface area contributed by atoms with E-state index >= 15 is 0 Å². The second kappa shape index (κ2) is 7.84. The minimum Gasteiger partial charge on any atom is -0.383 e. The molecule has 7 nitrogen and oxygen atoms in total. The molecule has 136 valence electrons. The summed E-state index contributed by atoms with van der Waals surface area (Å²) in [6, 6.07) is 5.93. The number of fused-ring (bicyclic) bond motifs is 1. The Morgan fingerprint density at radius 2 is 2.24 bits per heavy atom. The summed E-state index contributed by atoms with van der Waals surface area (Å²) in [5, 5.41) is 3.25. The Kier molecular flexibility index (Phi) is 5.55. The topological polar surface area (TPSA) is 85.4 Å². The number of aromatic nitrogens is 2. The predicted octanol–water partition coefficient (Wildman–Crippen LogP) is 1.58. The molecule has 0 aliphatic carbocycles. The normalized spacial score (nSPS) is 18.4. The Balaban J connectivity index is 1.79. The van der Waals surface area contributed by atoms with Gasteiger partial charge in [-0.15, -0.1) is 0 Å². The first-order valence-corrected chi connectivity index (χ1v) is 8.84. The summed E-state index contributed by atoms with van der Waals surface area (Å²) in [5.41, 5.74) is 8.51. The summed E-state index contributed by atoms with van der Waals surface area (Å²) in [6.45, 7) is 2.80. The monoisotopic (exact) mass is 345 g/mol. The van der Waals surface area contributed by atoms with Gasteiger partial charge in [-0.05, 0) is 37.5 Å². The van der Waals surface area contributed by atoms with Crippen LogP contribution in [-0.4, -0.2) is 59.8 Å². The molecule has 1 atom stereocenters. The fraction of sp³-hybridized carbons (Fsp3) is 0.556. The van der Waals surface area contributed by atoms with Crippen molar-refractivity contribution >= 4 is 22.9 Å². The second-order valence-corrected chi connectivity index (χ2v) is 6.60. The number of anilines is 1. The molecule has 2 aromatic rings. The number of carbonyl (C=O) groups is 1. The zero-order chi connectivity index (χ0) is 17.8. The minimum absolute atomic E-state index is 0.0653. The van der Waals surface area contributed by atoms with Gasteiger partial charge in [0, 0.05) is 45.4 Å². The van der Waals surface area contributed by atoms with Crippen LogP contribution in [0.3, 0.4) is 0 Å². The maximum Gasteiger partial charge on any atom is 0.253 e. The van der Waals surface area contributed by atoms with E-state index in [-0.39, 0.29) is 11.9 Å². The first-order valence-electron chi connectivity index (χ1n) is 8.84. The molecule has 0 unspecified atom stereocenters. The quantitative estimate of drug-likeness (QED) is 0.804. The van der Waals surface area contributed by atoms with Crippen LogP contribution in [0, 0.1) is 0 Å². The second-order valence-electron chi connectivity index (χ2n) is 6.60. The number of hydrogen-bond donors (Lipinski definition) is 2. The van der Waals surface area contributed by atoms with Crippen LogP contribution in [0.1, 0.15) is 29.6 Å². The first-order chi connectivity index (χ1) is 12.1. The summed E-state index contributed by atoms with van der Waals surface area (Å²) in [7, 11) is 3.63. The van der Waals surface area contributed by atoms with E-state index < -0.39 is 0 Å². The van der Waals surface area contributed by atoms with Gasteiger partial charge in [0.25, 0.3) is 5.91 Å². The third-order valence-electron chi connectivity index (χ3n) is 4.78. The highest BCUT2D eigenvalue weighted by Crippen LogP contribution is 2.21. The first kappa shape index (κ1) is 17.7. The predicted molar refractivity (Wildman–Crippen MR) is 98.8 cm³/mol. The largest absolute Gasteiger partial charge is 0.383 e. The number of carbonyl (C=O) groups excluding carboxylic acids is 1. The van der Waals surface area contributed by atoms with Gasteiger partial charge in [0.05, 0.1) is 17.6 Å². The lowest BCUT2D eigenvalue weighted by molar-refractivity contribution is 0.0761. The molecule has 0 radical (unpaired) electrons. The summed E-state index contributed by atoms with van der Waals surface area (Å²) >= 11 is 0. The lowest BCUT2D eigenvalue weighted by Crippen LogP contribution is -2.32. The van der Waals surface area contributed by atoms with Crippen molar-refractivity contribution in [2.24, 2.45) is 12.8 Å². The highest BCUT2D eigenvalue weighted by molar-refractivity contribution is 5.97. The summed E-state index contributed by atoms with van der Waals surface area (Å²) in [6.07, 6.45) is 2.82. The van der Waals surface area contributed by atoms with Gasteiger partial charge in [0.15, 0.2) is 0 Å². The summed E-state index contributed by atoms with van der Waals surface area (Å²) < 4.78 is 7.04. The van der Waals surface area contributed by atoms with Gasteiger partial charge in [-0.25, -0.2) is 4.98 Å². The molecule has 1 amide bonds. The van der Waals surface area contributed by atoms with Crippen LogP contribution in [0.25, 0.3) is 11.0 Å². The molecule has 3 rings (SSSR count). The number of amides is 1. The number of nitrogens with zero attached hydrogens (tertiary/aromatic N) is 3. The van der Waals surface area contributed by atoms with Gasteiger partial charge < -0.3 is 25.3 Å². The molecule has 1 aromatic carbocycles. The number of ether oxygens (including phenoxy) is 1. The van der Waals surface area contributed by atoms with Crippen LogP contribution in [0.2, 0.25) is 0 Å². The number of hydrogen-bond acceptors (Lipinski definition) is 5. The molecule has 1 aromatic heterocycles. The molecular weight excluding hydrogens is 318 g/mol.